The van der Waals surface area contributed by atoms with Crippen molar-refractivity contribution in [1.82, 2.24) is 15.0 Å². The summed E-state index contributed by atoms with van der Waals surface area (Å²) in [5, 5.41) is 0. The van der Waals surface area contributed by atoms with Crippen LogP contribution in [0.2, 0.25) is 0 Å². The third-order valence-corrected chi connectivity index (χ3v) is 2.73. The first-order valence-electron chi connectivity index (χ1n) is 5.21. The van der Waals surface area contributed by atoms with Crippen molar-refractivity contribution < 1.29 is 9.47 Å². The zero-order valence-corrected chi connectivity index (χ0v) is 8.75. The second kappa shape index (κ2) is 3.04. The van der Waals surface area contributed by atoms with Crippen molar-refractivity contribution in [1.29, 1.82) is 0 Å². The largest absolute Gasteiger partial charge is 0.454 e. The van der Waals surface area contributed by atoms with Gasteiger partial charge in [0.2, 0.25) is 6.79 Å². The van der Waals surface area contributed by atoms with Gasteiger partial charge in [-0.25, -0.2) is 9.97 Å². The second-order valence-electron chi connectivity index (χ2n) is 3.78. The molecule has 0 saturated carbocycles. The fraction of sp³-hybridized carbons (Fsp3) is 0.0833. The quantitative estimate of drug-likeness (QED) is 0.547. The van der Waals surface area contributed by atoms with E-state index in [1.54, 1.807) is 12.4 Å². The van der Waals surface area contributed by atoms with Gasteiger partial charge in [0, 0.05) is 18.3 Å². The summed E-state index contributed by atoms with van der Waals surface area (Å²) in [6, 6.07) is 5.54. The van der Waals surface area contributed by atoms with E-state index in [-0.39, 0.29) is 6.79 Å². The monoisotopic (exact) mass is 225 g/mol. The minimum absolute atomic E-state index is 0.257. The molecule has 0 saturated heterocycles. The average molecular weight is 225 g/mol. The van der Waals surface area contributed by atoms with Crippen LogP contribution in [0.1, 0.15) is 0 Å². The lowest BCUT2D eigenvalue weighted by molar-refractivity contribution is 0.174. The Hall–Kier alpha value is -2.43. The highest BCUT2D eigenvalue weighted by molar-refractivity contribution is 5.87. The van der Waals surface area contributed by atoms with Crippen LogP contribution in [0.3, 0.4) is 0 Å². The van der Waals surface area contributed by atoms with Crippen molar-refractivity contribution in [3.05, 3.63) is 30.6 Å². The molecule has 3 heterocycles. The van der Waals surface area contributed by atoms with Crippen molar-refractivity contribution in [3.63, 3.8) is 0 Å². The summed E-state index contributed by atoms with van der Waals surface area (Å²) in [7, 11) is 0. The Kier molecular flexibility index (Phi) is 1.55. The average Bonchev–Trinajstić information content (AvgIpc) is 2.80. The Morgan fingerprint density at radius 1 is 0.882 bits per heavy atom. The molecule has 0 radical (unpaired) electrons. The lowest BCUT2D eigenvalue weighted by Crippen LogP contribution is -1.92. The SMILES string of the molecule is c1cc2nc3cc4c(cc3nc2cn1)OCO4. The molecule has 3 aromatic rings. The van der Waals surface area contributed by atoms with Gasteiger partial charge in [-0.3, -0.25) is 4.98 Å². The van der Waals surface area contributed by atoms with Gasteiger partial charge in [0.1, 0.15) is 5.52 Å². The summed E-state index contributed by atoms with van der Waals surface area (Å²) in [5.41, 5.74) is 3.19. The lowest BCUT2D eigenvalue weighted by atomic mass is 10.2. The number of hydrogen-bond acceptors (Lipinski definition) is 5. The highest BCUT2D eigenvalue weighted by Gasteiger charge is 2.15. The molecule has 0 unspecified atom stereocenters. The summed E-state index contributed by atoms with van der Waals surface area (Å²) in [4.78, 5) is 13.0. The third kappa shape index (κ3) is 1.22. The van der Waals surface area contributed by atoms with E-state index in [1.807, 2.05) is 18.2 Å². The fourth-order valence-corrected chi connectivity index (χ4v) is 1.92. The maximum atomic E-state index is 5.32. The summed E-state index contributed by atoms with van der Waals surface area (Å²) in [6.07, 6.45) is 3.40. The van der Waals surface area contributed by atoms with Crippen LogP contribution in [0.15, 0.2) is 30.6 Å². The summed E-state index contributed by atoms with van der Waals surface area (Å²) >= 11 is 0. The number of pyridine rings is 1. The number of fused-ring (bicyclic) bond motifs is 3. The standard InChI is InChI=1S/C12H7N3O2/c1-2-13-5-10-7(1)14-8-3-11-12(17-6-16-11)4-9(8)15-10/h1-5H,6H2. The minimum atomic E-state index is 0.257. The lowest BCUT2D eigenvalue weighted by Gasteiger charge is -2.01. The van der Waals surface area contributed by atoms with Crippen molar-refractivity contribution in [2.45, 2.75) is 0 Å². The molecule has 0 atom stereocenters. The number of benzene rings is 1. The van der Waals surface area contributed by atoms with Crippen molar-refractivity contribution in [2.24, 2.45) is 0 Å². The number of ether oxygens (including phenoxy) is 2. The molecular weight excluding hydrogens is 218 g/mol. The second-order valence-corrected chi connectivity index (χ2v) is 3.78. The highest BCUT2D eigenvalue weighted by atomic mass is 16.7. The summed E-state index contributed by atoms with van der Waals surface area (Å²) in [5.74, 6) is 1.44. The Bertz CT molecular complexity index is 680. The van der Waals surface area contributed by atoms with Crippen LogP contribution in [0.4, 0.5) is 0 Å². The number of nitrogens with zero attached hydrogens (tertiary/aromatic N) is 3. The van der Waals surface area contributed by atoms with Gasteiger partial charge in [0.05, 0.1) is 22.7 Å². The van der Waals surface area contributed by atoms with Gasteiger partial charge in [0.25, 0.3) is 0 Å². The fourth-order valence-electron chi connectivity index (χ4n) is 1.92. The minimum Gasteiger partial charge on any atom is -0.454 e. The predicted octanol–water partition coefficient (Wildman–Crippen LogP) is 1.91. The molecular formula is C12H7N3O2. The molecule has 1 aliphatic heterocycles. The van der Waals surface area contributed by atoms with Crippen LogP contribution >= 0.6 is 0 Å². The third-order valence-electron chi connectivity index (χ3n) is 2.73. The van der Waals surface area contributed by atoms with Gasteiger partial charge >= 0.3 is 0 Å². The molecule has 0 amide bonds. The molecule has 0 spiro atoms. The molecule has 1 aliphatic rings. The molecule has 4 rings (SSSR count). The van der Waals surface area contributed by atoms with Crippen molar-refractivity contribution in [3.8, 4) is 11.5 Å². The molecule has 82 valence electrons. The molecule has 0 bridgehead atoms. The molecule has 5 heteroatoms. The molecule has 1 aromatic carbocycles. The highest BCUT2D eigenvalue weighted by Crippen LogP contribution is 2.35. The van der Waals surface area contributed by atoms with Gasteiger partial charge in [-0.2, -0.15) is 0 Å². The zero-order valence-electron chi connectivity index (χ0n) is 8.75. The molecule has 0 N–H and O–H groups in total. The van der Waals surface area contributed by atoms with Crippen molar-refractivity contribution in [2.75, 3.05) is 6.79 Å². The van der Waals surface area contributed by atoms with E-state index in [0.717, 1.165) is 33.6 Å². The molecule has 0 fully saturated rings. The van der Waals surface area contributed by atoms with Crippen LogP contribution < -0.4 is 9.47 Å². The van der Waals surface area contributed by atoms with Crippen LogP contribution in [0, 0.1) is 0 Å². The molecule has 0 aliphatic carbocycles. The normalized spacial score (nSPS) is 13.4. The van der Waals surface area contributed by atoms with E-state index in [0.29, 0.717) is 0 Å². The summed E-state index contributed by atoms with van der Waals surface area (Å²) < 4.78 is 10.6. The maximum absolute atomic E-state index is 5.32. The number of hydrogen-bond donors (Lipinski definition) is 0. The summed E-state index contributed by atoms with van der Waals surface area (Å²) in [6.45, 7) is 0.257. The van der Waals surface area contributed by atoms with Gasteiger partial charge in [-0.15, -0.1) is 0 Å². The first-order chi connectivity index (χ1) is 8.40. The van der Waals surface area contributed by atoms with E-state index in [2.05, 4.69) is 15.0 Å². The number of aromatic nitrogens is 3. The maximum Gasteiger partial charge on any atom is 0.231 e. The Morgan fingerprint density at radius 2 is 1.59 bits per heavy atom. The van der Waals surface area contributed by atoms with Crippen LogP contribution in [0.25, 0.3) is 22.1 Å². The predicted molar refractivity (Wildman–Crippen MR) is 61.0 cm³/mol. The first-order valence-corrected chi connectivity index (χ1v) is 5.21. The molecule has 17 heavy (non-hydrogen) atoms. The van der Waals surface area contributed by atoms with E-state index >= 15 is 0 Å². The molecule has 5 nitrogen and oxygen atoms in total. The van der Waals surface area contributed by atoms with E-state index < -0.39 is 0 Å². The van der Waals surface area contributed by atoms with Gasteiger partial charge in [-0.05, 0) is 6.07 Å². The van der Waals surface area contributed by atoms with Gasteiger partial charge in [0.15, 0.2) is 11.5 Å². The van der Waals surface area contributed by atoms with E-state index in [9.17, 15) is 0 Å². The Balaban J connectivity index is 2.12. The van der Waals surface area contributed by atoms with Crippen LogP contribution in [0.5, 0.6) is 11.5 Å². The van der Waals surface area contributed by atoms with Crippen LogP contribution in [-0.4, -0.2) is 21.7 Å². The van der Waals surface area contributed by atoms with E-state index in [4.69, 9.17) is 9.47 Å². The zero-order chi connectivity index (χ0) is 11.2. The number of rotatable bonds is 0. The Morgan fingerprint density at radius 3 is 2.35 bits per heavy atom. The molecule has 2 aromatic heterocycles. The van der Waals surface area contributed by atoms with E-state index in [1.165, 1.54) is 0 Å². The Labute approximate surface area is 96.0 Å². The van der Waals surface area contributed by atoms with Crippen LogP contribution in [-0.2, 0) is 0 Å². The van der Waals surface area contributed by atoms with Crippen molar-refractivity contribution >= 4 is 22.1 Å². The van der Waals surface area contributed by atoms with Gasteiger partial charge < -0.3 is 9.47 Å². The smallest absolute Gasteiger partial charge is 0.231 e. The topological polar surface area (TPSA) is 57.1 Å². The van der Waals surface area contributed by atoms with Gasteiger partial charge in [-0.1, -0.05) is 0 Å². The first kappa shape index (κ1) is 8.69.